The topological polar surface area (TPSA) is 29.5 Å². The molecule has 2 unspecified atom stereocenters. The van der Waals surface area contributed by atoms with E-state index in [9.17, 15) is 5.11 Å². The SMILES string of the molecule is COc1cc(C)c(C2(O)CCCC2C)cc1C. The van der Waals surface area contributed by atoms with Gasteiger partial charge in [0.25, 0.3) is 0 Å². The Hall–Kier alpha value is -1.02. The lowest BCUT2D eigenvalue weighted by Crippen LogP contribution is -2.29. The van der Waals surface area contributed by atoms with Gasteiger partial charge in [-0.15, -0.1) is 0 Å². The van der Waals surface area contributed by atoms with Crippen molar-refractivity contribution in [3.8, 4) is 5.75 Å². The molecule has 1 N–H and O–H groups in total. The summed E-state index contributed by atoms with van der Waals surface area (Å²) >= 11 is 0. The van der Waals surface area contributed by atoms with Crippen LogP contribution in [0.1, 0.15) is 42.9 Å². The summed E-state index contributed by atoms with van der Waals surface area (Å²) in [5.41, 5.74) is 2.67. The highest BCUT2D eigenvalue weighted by Crippen LogP contribution is 2.45. The van der Waals surface area contributed by atoms with E-state index < -0.39 is 5.60 Å². The van der Waals surface area contributed by atoms with Gasteiger partial charge in [-0.1, -0.05) is 6.92 Å². The lowest BCUT2D eigenvalue weighted by atomic mass is 9.82. The molecule has 1 aliphatic carbocycles. The Morgan fingerprint density at radius 2 is 2.00 bits per heavy atom. The van der Waals surface area contributed by atoms with Crippen molar-refractivity contribution in [2.75, 3.05) is 7.11 Å². The molecule has 0 aromatic heterocycles. The van der Waals surface area contributed by atoms with Crippen LogP contribution in [0, 0.1) is 19.8 Å². The van der Waals surface area contributed by atoms with Gasteiger partial charge >= 0.3 is 0 Å². The van der Waals surface area contributed by atoms with Crippen LogP contribution in [0.5, 0.6) is 5.75 Å². The molecule has 94 valence electrons. The van der Waals surface area contributed by atoms with Crippen LogP contribution in [0.4, 0.5) is 0 Å². The van der Waals surface area contributed by atoms with Crippen molar-refractivity contribution in [2.45, 2.75) is 45.6 Å². The number of methoxy groups -OCH3 is 1. The van der Waals surface area contributed by atoms with E-state index in [1.165, 1.54) is 0 Å². The maximum Gasteiger partial charge on any atom is 0.122 e. The number of hydrogen-bond acceptors (Lipinski definition) is 2. The molecule has 1 aromatic carbocycles. The molecule has 2 nitrogen and oxygen atoms in total. The largest absolute Gasteiger partial charge is 0.496 e. The molecule has 0 radical (unpaired) electrons. The molecule has 0 bridgehead atoms. The van der Waals surface area contributed by atoms with Crippen molar-refractivity contribution in [3.63, 3.8) is 0 Å². The Labute approximate surface area is 104 Å². The number of aryl methyl sites for hydroxylation is 2. The lowest BCUT2D eigenvalue weighted by Gasteiger charge is -2.30. The third-order valence-corrected chi connectivity index (χ3v) is 4.22. The van der Waals surface area contributed by atoms with E-state index in [0.29, 0.717) is 5.92 Å². The van der Waals surface area contributed by atoms with Crippen LogP contribution in [0.25, 0.3) is 0 Å². The Bertz CT molecular complexity index is 425. The minimum Gasteiger partial charge on any atom is -0.496 e. The van der Waals surface area contributed by atoms with Gasteiger partial charge in [0.2, 0.25) is 0 Å². The summed E-state index contributed by atoms with van der Waals surface area (Å²) in [6.07, 6.45) is 3.10. The van der Waals surface area contributed by atoms with E-state index in [-0.39, 0.29) is 0 Å². The fraction of sp³-hybridized carbons (Fsp3) is 0.600. The molecule has 1 aliphatic rings. The zero-order valence-corrected chi connectivity index (χ0v) is 11.2. The summed E-state index contributed by atoms with van der Waals surface area (Å²) in [7, 11) is 1.69. The maximum atomic E-state index is 10.9. The quantitative estimate of drug-likeness (QED) is 0.850. The standard InChI is InChI=1S/C15H22O2/c1-10-9-14(17-4)11(2)8-13(10)15(16)7-5-6-12(15)3/h8-9,12,16H,5-7H2,1-4H3. The van der Waals surface area contributed by atoms with Gasteiger partial charge in [-0.05, 0) is 67.9 Å². The molecule has 1 fully saturated rings. The molecule has 0 amide bonds. The second-order valence-electron chi connectivity index (χ2n) is 5.35. The molecule has 2 atom stereocenters. The summed E-state index contributed by atoms with van der Waals surface area (Å²) in [4.78, 5) is 0. The number of hydrogen-bond donors (Lipinski definition) is 1. The second-order valence-corrected chi connectivity index (χ2v) is 5.35. The van der Waals surface area contributed by atoms with E-state index in [1.807, 2.05) is 13.0 Å². The van der Waals surface area contributed by atoms with Crippen molar-refractivity contribution >= 4 is 0 Å². The molecule has 2 rings (SSSR count). The molecule has 0 spiro atoms. The Balaban J connectivity index is 2.49. The third-order valence-electron chi connectivity index (χ3n) is 4.22. The first-order valence-corrected chi connectivity index (χ1v) is 6.37. The molecule has 0 aliphatic heterocycles. The molecule has 1 saturated carbocycles. The Morgan fingerprint density at radius 3 is 2.53 bits per heavy atom. The van der Waals surface area contributed by atoms with Gasteiger partial charge in [-0.25, -0.2) is 0 Å². The fourth-order valence-corrected chi connectivity index (χ4v) is 3.04. The molecule has 2 heteroatoms. The van der Waals surface area contributed by atoms with Crippen LogP contribution in [-0.4, -0.2) is 12.2 Å². The average Bonchev–Trinajstić information content (AvgIpc) is 2.63. The van der Waals surface area contributed by atoms with E-state index >= 15 is 0 Å². The first-order chi connectivity index (χ1) is 7.99. The monoisotopic (exact) mass is 234 g/mol. The van der Waals surface area contributed by atoms with Gasteiger partial charge in [0.15, 0.2) is 0 Å². The van der Waals surface area contributed by atoms with Crippen LogP contribution in [0.15, 0.2) is 12.1 Å². The number of ether oxygens (including phenoxy) is 1. The first kappa shape index (κ1) is 12.4. The van der Waals surface area contributed by atoms with Gasteiger partial charge < -0.3 is 9.84 Å². The normalized spacial score (nSPS) is 28.4. The van der Waals surface area contributed by atoms with E-state index in [0.717, 1.165) is 41.7 Å². The highest BCUT2D eigenvalue weighted by Gasteiger charge is 2.40. The van der Waals surface area contributed by atoms with Crippen molar-refractivity contribution in [2.24, 2.45) is 5.92 Å². The Morgan fingerprint density at radius 1 is 1.29 bits per heavy atom. The van der Waals surface area contributed by atoms with Crippen molar-refractivity contribution in [1.29, 1.82) is 0 Å². The smallest absolute Gasteiger partial charge is 0.122 e. The zero-order chi connectivity index (χ0) is 12.6. The van der Waals surface area contributed by atoms with Gasteiger partial charge in [0.05, 0.1) is 12.7 Å². The van der Waals surface area contributed by atoms with Crippen molar-refractivity contribution in [1.82, 2.24) is 0 Å². The fourth-order valence-electron chi connectivity index (χ4n) is 3.04. The first-order valence-electron chi connectivity index (χ1n) is 6.37. The Kier molecular flexibility index (Phi) is 3.17. The third kappa shape index (κ3) is 1.95. The molecular weight excluding hydrogens is 212 g/mol. The summed E-state index contributed by atoms with van der Waals surface area (Å²) in [6.45, 7) is 6.23. The second kappa shape index (κ2) is 4.34. The highest BCUT2D eigenvalue weighted by atomic mass is 16.5. The zero-order valence-electron chi connectivity index (χ0n) is 11.2. The van der Waals surface area contributed by atoms with Crippen LogP contribution >= 0.6 is 0 Å². The lowest BCUT2D eigenvalue weighted by molar-refractivity contribution is 0.00382. The molecular formula is C15H22O2. The predicted molar refractivity (Wildman–Crippen MR) is 69.4 cm³/mol. The average molecular weight is 234 g/mol. The number of aliphatic hydroxyl groups is 1. The molecule has 17 heavy (non-hydrogen) atoms. The minimum absolute atomic E-state index is 0.342. The van der Waals surface area contributed by atoms with E-state index in [1.54, 1.807) is 7.11 Å². The van der Waals surface area contributed by atoms with Crippen molar-refractivity contribution in [3.05, 3.63) is 28.8 Å². The maximum absolute atomic E-state index is 10.9. The van der Waals surface area contributed by atoms with E-state index in [4.69, 9.17) is 4.74 Å². The van der Waals surface area contributed by atoms with Crippen LogP contribution < -0.4 is 4.74 Å². The highest BCUT2D eigenvalue weighted by molar-refractivity contribution is 5.44. The summed E-state index contributed by atoms with van der Waals surface area (Å²) in [6, 6.07) is 4.13. The van der Waals surface area contributed by atoms with Crippen molar-refractivity contribution < 1.29 is 9.84 Å². The van der Waals surface area contributed by atoms with Gasteiger partial charge in [0, 0.05) is 0 Å². The number of rotatable bonds is 2. The summed E-state index contributed by atoms with van der Waals surface area (Å²) in [5, 5.41) is 10.9. The minimum atomic E-state index is -0.638. The van der Waals surface area contributed by atoms with Gasteiger partial charge in [-0.3, -0.25) is 0 Å². The van der Waals surface area contributed by atoms with E-state index in [2.05, 4.69) is 19.9 Å². The number of benzene rings is 1. The van der Waals surface area contributed by atoms with Crippen LogP contribution in [0.2, 0.25) is 0 Å². The predicted octanol–water partition coefficient (Wildman–Crippen LogP) is 3.32. The summed E-state index contributed by atoms with van der Waals surface area (Å²) < 4.78 is 5.32. The molecule has 0 saturated heterocycles. The van der Waals surface area contributed by atoms with Gasteiger partial charge in [-0.2, -0.15) is 0 Å². The van der Waals surface area contributed by atoms with Crippen LogP contribution in [-0.2, 0) is 5.60 Å². The summed E-state index contributed by atoms with van der Waals surface area (Å²) in [5.74, 6) is 1.24. The molecule has 0 heterocycles. The molecule has 1 aromatic rings. The van der Waals surface area contributed by atoms with Gasteiger partial charge in [0.1, 0.15) is 5.75 Å². The van der Waals surface area contributed by atoms with Crippen LogP contribution in [0.3, 0.4) is 0 Å².